The number of morpholine rings is 1. The van der Waals surface area contributed by atoms with Crippen molar-refractivity contribution in [1.82, 2.24) is 4.90 Å². The third-order valence-electron chi connectivity index (χ3n) is 3.88. The van der Waals surface area contributed by atoms with Crippen molar-refractivity contribution in [3.63, 3.8) is 0 Å². The van der Waals surface area contributed by atoms with E-state index in [1.165, 1.54) is 0 Å². The summed E-state index contributed by atoms with van der Waals surface area (Å²) in [5.41, 5.74) is 0. The van der Waals surface area contributed by atoms with Gasteiger partial charge in [0.1, 0.15) is 6.10 Å². The van der Waals surface area contributed by atoms with Gasteiger partial charge in [0.15, 0.2) is 0 Å². The molecule has 0 bridgehead atoms. The third-order valence-corrected chi connectivity index (χ3v) is 3.88. The molecule has 1 heterocycles. The fourth-order valence-electron chi connectivity index (χ4n) is 2.39. The first-order valence-corrected chi connectivity index (χ1v) is 7.69. The average Bonchev–Trinajstić information content (AvgIpc) is 2.51. The van der Waals surface area contributed by atoms with E-state index in [1.807, 2.05) is 0 Å². The lowest BCUT2D eigenvalue weighted by atomic mass is 9.92. The van der Waals surface area contributed by atoms with Crippen molar-refractivity contribution in [3.8, 4) is 0 Å². The van der Waals surface area contributed by atoms with Crippen LogP contribution in [0.5, 0.6) is 0 Å². The Bertz CT molecular complexity index is 414. The number of hydrogen-bond acceptors (Lipinski definition) is 3. The number of rotatable bonds is 9. The Kier molecular flexibility index (Phi) is 7.46. The van der Waals surface area contributed by atoms with Gasteiger partial charge in [-0.05, 0) is 5.92 Å². The standard InChI is InChI=1S/C14H21F8NO2/c1-9(2)10(25-8-5-23-3-6-24-7-4-23)12(17,18)14(21,22)13(19,20)11(15)16/h9-11H,3-8H2,1-2H3. The SMILES string of the molecule is CC(C)C(OCCN1CCOCC1)C(F)(F)C(F)(F)C(F)(F)C(F)F. The lowest BCUT2D eigenvalue weighted by Crippen LogP contribution is -2.63. The van der Waals surface area contributed by atoms with Crippen molar-refractivity contribution in [1.29, 1.82) is 0 Å². The van der Waals surface area contributed by atoms with Gasteiger partial charge < -0.3 is 9.47 Å². The second-order valence-electron chi connectivity index (χ2n) is 6.11. The quantitative estimate of drug-likeness (QED) is 0.565. The maximum atomic E-state index is 14.0. The molecule has 0 N–H and O–H groups in total. The van der Waals surface area contributed by atoms with Crippen molar-refractivity contribution < 1.29 is 44.6 Å². The lowest BCUT2D eigenvalue weighted by Gasteiger charge is -2.38. The van der Waals surface area contributed by atoms with Crippen LogP contribution in [0.25, 0.3) is 0 Å². The minimum atomic E-state index is -6.26. The minimum Gasteiger partial charge on any atom is -0.379 e. The van der Waals surface area contributed by atoms with E-state index >= 15 is 0 Å². The molecule has 3 nitrogen and oxygen atoms in total. The smallest absolute Gasteiger partial charge is 0.379 e. The van der Waals surface area contributed by atoms with Crippen LogP contribution in [0.2, 0.25) is 0 Å². The summed E-state index contributed by atoms with van der Waals surface area (Å²) in [5.74, 6) is -19.2. The highest BCUT2D eigenvalue weighted by atomic mass is 19.4. The molecule has 0 aromatic heterocycles. The van der Waals surface area contributed by atoms with E-state index < -0.39 is 42.8 Å². The van der Waals surface area contributed by atoms with Crippen LogP contribution in [-0.2, 0) is 9.47 Å². The third kappa shape index (κ3) is 4.73. The maximum absolute atomic E-state index is 14.0. The Hall–Kier alpha value is -0.680. The monoisotopic (exact) mass is 387 g/mol. The first-order chi connectivity index (χ1) is 11.4. The molecule has 1 fully saturated rings. The molecule has 0 aromatic carbocycles. The lowest BCUT2D eigenvalue weighted by molar-refractivity contribution is -0.362. The van der Waals surface area contributed by atoms with Crippen LogP contribution in [-0.4, -0.2) is 74.7 Å². The van der Waals surface area contributed by atoms with E-state index in [0.29, 0.717) is 26.3 Å². The molecular formula is C14H21F8NO2. The highest BCUT2D eigenvalue weighted by molar-refractivity contribution is 5.02. The van der Waals surface area contributed by atoms with Crippen LogP contribution < -0.4 is 0 Å². The van der Waals surface area contributed by atoms with Crippen molar-refractivity contribution in [2.75, 3.05) is 39.5 Å². The first-order valence-electron chi connectivity index (χ1n) is 7.69. The minimum absolute atomic E-state index is 0.0967. The fraction of sp³-hybridized carbons (Fsp3) is 1.00. The predicted molar refractivity (Wildman–Crippen MR) is 72.7 cm³/mol. The number of hydrogen-bond donors (Lipinski definition) is 0. The number of ether oxygens (including phenoxy) is 2. The van der Waals surface area contributed by atoms with Crippen LogP contribution in [0, 0.1) is 5.92 Å². The Labute approximate surface area is 140 Å². The molecule has 0 radical (unpaired) electrons. The zero-order valence-electron chi connectivity index (χ0n) is 13.8. The van der Waals surface area contributed by atoms with Crippen molar-refractivity contribution in [2.24, 2.45) is 5.92 Å². The van der Waals surface area contributed by atoms with Gasteiger partial charge in [0.25, 0.3) is 0 Å². The van der Waals surface area contributed by atoms with Gasteiger partial charge in [0, 0.05) is 19.6 Å². The molecule has 1 unspecified atom stereocenters. The van der Waals surface area contributed by atoms with E-state index in [9.17, 15) is 35.1 Å². The van der Waals surface area contributed by atoms with E-state index in [0.717, 1.165) is 13.8 Å². The molecule has 1 aliphatic heterocycles. The fourth-order valence-corrected chi connectivity index (χ4v) is 2.39. The van der Waals surface area contributed by atoms with Gasteiger partial charge in [-0.2, -0.15) is 26.3 Å². The van der Waals surface area contributed by atoms with Gasteiger partial charge >= 0.3 is 24.2 Å². The van der Waals surface area contributed by atoms with Crippen LogP contribution >= 0.6 is 0 Å². The Morgan fingerprint density at radius 3 is 1.92 bits per heavy atom. The van der Waals surface area contributed by atoms with Gasteiger partial charge in [0.05, 0.1) is 19.8 Å². The summed E-state index contributed by atoms with van der Waals surface area (Å²) < 4.78 is 115. The van der Waals surface area contributed by atoms with Crippen LogP contribution in [0.15, 0.2) is 0 Å². The summed E-state index contributed by atoms with van der Waals surface area (Å²) in [4.78, 5) is 1.75. The molecule has 1 rings (SSSR count). The molecule has 0 saturated carbocycles. The summed E-state index contributed by atoms with van der Waals surface area (Å²) in [7, 11) is 0. The topological polar surface area (TPSA) is 21.7 Å². The largest absolute Gasteiger partial charge is 0.380 e. The van der Waals surface area contributed by atoms with E-state index in [1.54, 1.807) is 4.90 Å². The highest BCUT2D eigenvalue weighted by Gasteiger charge is 2.77. The number of alkyl halides is 8. The van der Waals surface area contributed by atoms with Gasteiger partial charge in [-0.15, -0.1) is 0 Å². The number of halogens is 8. The molecule has 0 aromatic rings. The van der Waals surface area contributed by atoms with E-state index in [-0.39, 0.29) is 6.54 Å². The molecule has 25 heavy (non-hydrogen) atoms. The molecule has 1 saturated heterocycles. The Morgan fingerprint density at radius 1 is 0.960 bits per heavy atom. The molecular weight excluding hydrogens is 366 g/mol. The zero-order chi connectivity index (χ0) is 19.5. The average molecular weight is 387 g/mol. The normalized spacial score (nSPS) is 19.7. The second kappa shape index (κ2) is 8.34. The molecule has 0 aliphatic carbocycles. The van der Waals surface area contributed by atoms with Crippen LogP contribution in [0.3, 0.4) is 0 Å². The van der Waals surface area contributed by atoms with Gasteiger partial charge in [-0.1, -0.05) is 13.8 Å². The second-order valence-corrected chi connectivity index (χ2v) is 6.11. The van der Waals surface area contributed by atoms with E-state index in [4.69, 9.17) is 9.47 Å². The zero-order valence-corrected chi connectivity index (χ0v) is 13.8. The van der Waals surface area contributed by atoms with Crippen LogP contribution in [0.4, 0.5) is 35.1 Å². The molecule has 0 spiro atoms. The highest BCUT2D eigenvalue weighted by Crippen LogP contribution is 2.51. The van der Waals surface area contributed by atoms with Crippen molar-refractivity contribution >= 4 is 0 Å². The molecule has 150 valence electrons. The summed E-state index contributed by atoms with van der Waals surface area (Å²) >= 11 is 0. The van der Waals surface area contributed by atoms with Crippen molar-refractivity contribution in [3.05, 3.63) is 0 Å². The number of nitrogens with zero attached hydrogens (tertiary/aromatic N) is 1. The van der Waals surface area contributed by atoms with Crippen molar-refractivity contribution in [2.45, 2.75) is 44.1 Å². The van der Waals surface area contributed by atoms with Gasteiger partial charge in [-0.3, -0.25) is 4.90 Å². The summed E-state index contributed by atoms with van der Waals surface area (Å²) in [6.45, 7) is 3.55. The molecule has 1 aliphatic rings. The molecule has 11 heteroatoms. The summed E-state index contributed by atoms with van der Waals surface area (Å²) in [6.07, 6.45) is -7.58. The summed E-state index contributed by atoms with van der Waals surface area (Å²) in [6, 6.07) is 0. The van der Waals surface area contributed by atoms with Gasteiger partial charge in [0.2, 0.25) is 0 Å². The van der Waals surface area contributed by atoms with Crippen LogP contribution in [0.1, 0.15) is 13.8 Å². The predicted octanol–water partition coefficient (Wildman–Crippen LogP) is 3.53. The molecule has 0 amide bonds. The maximum Gasteiger partial charge on any atom is 0.380 e. The first kappa shape index (κ1) is 22.4. The van der Waals surface area contributed by atoms with Gasteiger partial charge in [-0.25, -0.2) is 8.78 Å². The Morgan fingerprint density at radius 2 is 1.48 bits per heavy atom. The summed E-state index contributed by atoms with van der Waals surface area (Å²) in [5, 5.41) is 0. The van der Waals surface area contributed by atoms with E-state index in [2.05, 4.69) is 0 Å². The Balaban J connectivity index is 2.83. The molecule has 1 atom stereocenters.